The summed E-state index contributed by atoms with van der Waals surface area (Å²) in [6.07, 6.45) is 2.72. The second-order valence-corrected chi connectivity index (χ2v) is 3.06. The second kappa shape index (κ2) is 4.82. The molecule has 1 aromatic heterocycles. The van der Waals surface area contributed by atoms with Crippen molar-refractivity contribution in [2.24, 2.45) is 5.73 Å². The zero-order valence-electron chi connectivity index (χ0n) is 8.16. The van der Waals surface area contributed by atoms with Crippen molar-refractivity contribution in [3.8, 4) is 5.88 Å². The average Bonchev–Trinajstić information content (AvgIpc) is 2.15. The van der Waals surface area contributed by atoms with Crippen LogP contribution in [0.4, 0.5) is 0 Å². The van der Waals surface area contributed by atoms with Gasteiger partial charge >= 0.3 is 0 Å². The highest BCUT2D eigenvalue weighted by Gasteiger charge is 2.01. The van der Waals surface area contributed by atoms with E-state index in [0.29, 0.717) is 12.5 Å². The fourth-order valence-electron chi connectivity index (χ4n) is 0.994. The van der Waals surface area contributed by atoms with Crippen molar-refractivity contribution in [1.82, 2.24) is 4.98 Å². The Morgan fingerprint density at radius 1 is 1.62 bits per heavy atom. The Kier molecular flexibility index (Phi) is 3.71. The zero-order valence-corrected chi connectivity index (χ0v) is 8.16. The summed E-state index contributed by atoms with van der Waals surface area (Å²) in [7, 11) is 0. The van der Waals surface area contributed by atoms with Crippen molar-refractivity contribution in [1.29, 1.82) is 0 Å². The molecule has 0 bridgehead atoms. The molecule has 3 nitrogen and oxygen atoms in total. The fraction of sp³-hybridized carbons (Fsp3) is 0.500. The fourth-order valence-corrected chi connectivity index (χ4v) is 0.994. The van der Waals surface area contributed by atoms with E-state index in [1.807, 2.05) is 19.1 Å². The Bertz CT molecular complexity index is 261. The van der Waals surface area contributed by atoms with Gasteiger partial charge in [0.05, 0.1) is 6.61 Å². The molecular formula is C10H16N2O. The minimum atomic E-state index is 0.0342. The van der Waals surface area contributed by atoms with E-state index in [0.717, 1.165) is 12.0 Å². The van der Waals surface area contributed by atoms with E-state index in [1.54, 1.807) is 6.20 Å². The topological polar surface area (TPSA) is 48.1 Å². The van der Waals surface area contributed by atoms with Crippen LogP contribution in [0.15, 0.2) is 18.3 Å². The van der Waals surface area contributed by atoms with E-state index in [-0.39, 0.29) is 6.04 Å². The molecule has 0 aliphatic heterocycles. The van der Waals surface area contributed by atoms with Gasteiger partial charge < -0.3 is 10.5 Å². The summed E-state index contributed by atoms with van der Waals surface area (Å²) in [5, 5.41) is 0. The highest BCUT2D eigenvalue weighted by atomic mass is 16.5. The maximum absolute atomic E-state index is 5.73. The maximum atomic E-state index is 5.73. The number of nitrogens with two attached hydrogens (primary N) is 1. The molecule has 0 saturated heterocycles. The second-order valence-electron chi connectivity index (χ2n) is 3.06. The molecular weight excluding hydrogens is 164 g/mol. The maximum Gasteiger partial charge on any atom is 0.213 e. The molecule has 0 radical (unpaired) electrons. The van der Waals surface area contributed by atoms with E-state index in [1.165, 1.54) is 0 Å². The number of pyridine rings is 1. The van der Waals surface area contributed by atoms with Gasteiger partial charge in [-0.1, -0.05) is 6.92 Å². The van der Waals surface area contributed by atoms with Crippen molar-refractivity contribution < 1.29 is 4.74 Å². The zero-order chi connectivity index (χ0) is 9.68. The molecule has 0 aliphatic carbocycles. The number of aromatic nitrogens is 1. The molecule has 0 unspecified atom stereocenters. The van der Waals surface area contributed by atoms with Crippen molar-refractivity contribution in [3.05, 3.63) is 23.9 Å². The molecule has 72 valence electrons. The summed E-state index contributed by atoms with van der Waals surface area (Å²) < 4.78 is 5.38. The lowest BCUT2D eigenvalue weighted by molar-refractivity contribution is 0.305. The van der Waals surface area contributed by atoms with Gasteiger partial charge in [0.1, 0.15) is 0 Å². The molecule has 1 atom stereocenters. The Morgan fingerprint density at radius 2 is 2.38 bits per heavy atom. The number of ether oxygens (including phenoxy) is 1. The van der Waals surface area contributed by atoms with Crippen LogP contribution in [0, 0.1) is 0 Å². The Hall–Kier alpha value is -1.09. The molecule has 13 heavy (non-hydrogen) atoms. The van der Waals surface area contributed by atoms with E-state index >= 15 is 0 Å². The van der Waals surface area contributed by atoms with Crippen LogP contribution in [0.2, 0.25) is 0 Å². The molecule has 1 heterocycles. The van der Waals surface area contributed by atoms with Crippen LogP contribution in [-0.4, -0.2) is 11.6 Å². The molecule has 1 rings (SSSR count). The van der Waals surface area contributed by atoms with E-state index in [9.17, 15) is 0 Å². The van der Waals surface area contributed by atoms with E-state index < -0.39 is 0 Å². The van der Waals surface area contributed by atoms with Gasteiger partial charge in [-0.2, -0.15) is 0 Å². The van der Waals surface area contributed by atoms with Gasteiger partial charge in [0, 0.05) is 18.3 Å². The van der Waals surface area contributed by atoms with Gasteiger partial charge in [0.2, 0.25) is 5.88 Å². The summed E-state index contributed by atoms with van der Waals surface area (Å²) in [6.45, 7) is 4.71. The van der Waals surface area contributed by atoms with Gasteiger partial charge in [-0.05, 0) is 25.0 Å². The van der Waals surface area contributed by atoms with Crippen molar-refractivity contribution >= 4 is 0 Å². The van der Waals surface area contributed by atoms with Crippen LogP contribution >= 0.6 is 0 Å². The number of hydrogen-bond donors (Lipinski definition) is 1. The third kappa shape index (κ3) is 3.03. The predicted octanol–water partition coefficient (Wildman–Crippen LogP) is 1.89. The molecule has 0 fully saturated rings. The molecule has 0 saturated carbocycles. The number of hydrogen-bond acceptors (Lipinski definition) is 3. The third-order valence-electron chi connectivity index (χ3n) is 1.74. The molecule has 0 amide bonds. The van der Waals surface area contributed by atoms with E-state index in [2.05, 4.69) is 11.9 Å². The first kappa shape index (κ1) is 9.99. The van der Waals surface area contributed by atoms with Crippen LogP contribution in [-0.2, 0) is 0 Å². The monoisotopic (exact) mass is 180 g/mol. The molecule has 1 aromatic rings. The number of nitrogens with zero attached hydrogens (tertiary/aromatic N) is 1. The molecule has 0 spiro atoms. The van der Waals surface area contributed by atoms with Gasteiger partial charge in [-0.25, -0.2) is 4.98 Å². The lowest BCUT2D eigenvalue weighted by atomic mass is 10.1. The summed E-state index contributed by atoms with van der Waals surface area (Å²) in [5.41, 5.74) is 6.78. The Labute approximate surface area is 78.9 Å². The van der Waals surface area contributed by atoms with E-state index in [4.69, 9.17) is 10.5 Å². The minimum Gasteiger partial charge on any atom is -0.478 e. The summed E-state index contributed by atoms with van der Waals surface area (Å²) in [5.74, 6) is 0.664. The van der Waals surface area contributed by atoms with Crippen LogP contribution < -0.4 is 10.5 Å². The summed E-state index contributed by atoms with van der Waals surface area (Å²) >= 11 is 0. The highest BCUT2D eigenvalue weighted by molar-refractivity contribution is 5.22. The number of rotatable bonds is 4. The highest BCUT2D eigenvalue weighted by Crippen LogP contribution is 2.14. The van der Waals surface area contributed by atoms with Crippen LogP contribution in [0.1, 0.15) is 31.9 Å². The SMILES string of the molecule is CCCOc1cc([C@H](C)N)ccn1. The van der Waals surface area contributed by atoms with Gasteiger partial charge in [0.25, 0.3) is 0 Å². The van der Waals surface area contributed by atoms with Gasteiger partial charge in [0.15, 0.2) is 0 Å². The van der Waals surface area contributed by atoms with Crippen molar-refractivity contribution in [3.63, 3.8) is 0 Å². The largest absolute Gasteiger partial charge is 0.478 e. The van der Waals surface area contributed by atoms with Crippen molar-refractivity contribution in [2.75, 3.05) is 6.61 Å². The quantitative estimate of drug-likeness (QED) is 0.769. The first-order valence-electron chi connectivity index (χ1n) is 4.58. The summed E-state index contributed by atoms with van der Waals surface area (Å²) in [6, 6.07) is 3.83. The Balaban J connectivity index is 2.68. The minimum absolute atomic E-state index is 0.0342. The molecule has 2 N–H and O–H groups in total. The van der Waals surface area contributed by atoms with Crippen molar-refractivity contribution in [2.45, 2.75) is 26.3 Å². The lowest BCUT2D eigenvalue weighted by Crippen LogP contribution is -2.06. The molecule has 0 aliphatic rings. The lowest BCUT2D eigenvalue weighted by Gasteiger charge is -2.07. The van der Waals surface area contributed by atoms with Crippen LogP contribution in [0.5, 0.6) is 5.88 Å². The summed E-state index contributed by atoms with van der Waals surface area (Å²) in [4.78, 5) is 4.08. The standard InChI is InChI=1S/C10H16N2O/c1-3-6-13-10-7-9(8(2)11)4-5-12-10/h4-5,7-8H,3,6,11H2,1-2H3/t8-/m0/s1. The Morgan fingerprint density at radius 3 is 3.00 bits per heavy atom. The van der Waals surface area contributed by atoms with Crippen LogP contribution in [0.25, 0.3) is 0 Å². The first-order chi connectivity index (χ1) is 6.24. The van der Waals surface area contributed by atoms with Gasteiger partial charge in [-0.3, -0.25) is 0 Å². The average molecular weight is 180 g/mol. The van der Waals surface area contributed by atoms with Gasteiger partial charge in [-0.15, -0.1) is 0 Å². The predicted molar refractivity (Wildman–Crippen MR) is 52.6 cm³/mol. The first-order valence-corrected chi connectivity index (χ1v) is 4.58. The normalized spacial score (nSPS) is 12.5. The molecule has 0 aromatic carbocycles. The molecule has 3 heteroatoms. The third-order valence-corrected chi connectivity index (χ3v) is 1.74. The van der Waals surface area contributed by atoms with Crippen LogP contribution in [0.3, 0.4) is 0 Å². The smallest absolute Gasteiger partial charge is 0.213 e.